The standard InChI is InChI=1S/C13H24N4O2/c1-2-16-7-8-17-11(9-14)12(13(15)18)19-10-5-3-4-6-10/h9-10,14,16-17H,2-8H2,1H3,(H2,15,18)/b12-11-,14-9?. The second-order valence-electron chi connectivity index (χ2n) is 4.56. The van der Waals surface area contributed by atoms with Crippen LogP contribution in [0.1, 0.15) is 32.6 Å². The number of carbonyl (C=O) groups is 1. The van der Waals surface area contributed by atoms with Crippen molar-refractivity contribution in [3.8, 4) is 0 Å². The smallest absolute Gasteiger partial charge is 0.286 e. The van der Waals surface area contributed by atoms with Crippen LogP contribution in [0.3, 0.4) is 0 Å². The predicted octanol–water partition coefficient (Wildman–Crippen LogP) is 0.491. The van der Waals surface area contributed by atoms with E-state index < -0.39 is 5.91 Å². The fourth-order valence-corrected chi connectivity index (χ4v) is 2.09. The molecule has 1 saturated carbocycles. The summed E-state index contributed by atoms with van der Waals surface area (Å²) in [6.45, 7) is 4.27. The molecule has 0 unspecified atom stereocenters. The molecule has 6 nitrogen and oxygen atoms in total. The van der Waals surface area contributed by atoms with Crippen LogP contribution in [0.25, 0.3) is 0 Å². The first kappa shape index (κ1) is 15.5. The molecule has 5 N–H and O–H groups in total. The summed E-state index contributed by atoms with van der Waals surface area (Å²) in [5.74, 6) is -0.542. The van der Waals surface area contributed by atoms with Crippen molar-refractivity contribution in [3.63, 3.8) is 0 Å². The maximum absolute atomic E-state index is 11.5. The summed E-state index contributed by atoms with van der Waals surface area (Å²) in [6.07, 6.45) is 5.25. The number of nitrogens with one attached hydrogen (secondary N) is 3. The summed E-state index contributed by atoms with van der Waals surface area (Å²) in [7, 11) is 0. The minimum Gasteiger partial charge on any atom is -0.483 e. The van der Waals surface area contributed by atoms with E-state index >= 15 is 0 Å². The van der Waals surface area contributed by atoms with Crippen LogP contribution in [0.5, 0.6) is 0 Å². The summed E-state index contributed by atoms with van der Waals surface area (Å²) in [5, 5.41) is 13.5. The van der Waals surface area contributed by atoms with Gasteiger partial charge in [-0.05, 0) is 32.2 Å². The van der Waals surface area contributed by atoms with E-state index in [9.17, 15) is 4.79 Å². The van der Waals surface area contributed by atoms with E-state index in [4.69, 9.17) is 15.9 Å². The summed E-state index contributed by atoms with van der Waals surface area (Å²) in [5.41, 5.74) is 5.70. The Morgan fingerprint density at radius 3 is 2.63 bits per heavy atom. The molecule has 0 aromatic rings. The Morgan fingerprint density at radius 2 is 2.11 bits per heavy atom. The van der Waals surface area contributed by atoms with E-state index in [2.05, 4.69) is 10.6 Å². The Labute approximate surface area is 114 Å². The van der Waals surface area contributed by atoms with Gasteiger partial charge < -0.3 is 26.5 Å². The van der Waals surface area contributed by atoms with Gasteiger partial charge in [-0.3, -0.25) is 4.79 Å². The van der Waals surface area contributed by atoms with E-state index in [1.165, 1.54) is 0 Å². The van der Waals surface area contributed by atoms with Crippen molar-refractivity contribution >= 4 is 12.1 Å². The quantitative estimate of drug-likeness (QED) is 0.212. The average molecular weight is 268 g/mol. The topological polar surface area (TPSA) is 100 Å². The normalized spacial score (nSPS) is 16.9. The number of likely N-dealkylation sites (N-methyl/N-ethyl adjacent to an activating group) is 1. The summed E-state index contributed by atoms with van der Waals surface area (Å²) >= 11 is 0. The van der Waals surface area contributed by atoms with E-state index in [-0.39, 0.29) is 11.9 Å². The van der Waals surface area contributed by atoms with Crippen molar-refractivity contribution in [2.45, 2.75) is 38.7 Å². The monoisotopic (exact) mass is 268 g/mol. The third kappa shape index (κ3) is 5.30. The largest absolute Gasteiger partial charge is 0.483 e. The van der Waals surface area contributed by atoms with Gasteiger partial charge in [0.2, 0.25) is 5.76 Å². The molecule has 0 saturated heterocycles. The van der Waals surface area contributed by atoms with Crippen molar-refractivity contribution in [3.05, 3.63) is 11.5 Å². The number of amides is 1. The molecule has 0 aliphatic heterocycles. The minimum atomic E-state index is -0.624. The van der Waals surface area contributed by atoms with Gasteiger partial charge in [0.25, 0.3) is 5.91 Å². The first-order valence-corrected chi connectivity index (χ1v) is 6.84. The van der Waals surface area contributed by atoms with E-state index in [1.54, 1.807) is 0 Å². The SMILES string of the molecule is CCNCCN/C(C=N)=C(\OC1CCCC1)C(N)=O. The van der Waals surface area contributed by atoms with Gasteiger partial charge in [-0.2, -0.15) is 0 Å². The van der Waals surface area contributed by atoms with Crippen LogP contribution in [-0.2, 0) is 9.53 Å². The zero-order chi connectivity index (χ0) is 14.1. The Morgan fingerprint density at radius 1 is 1.42 bits per heavy atom. The molecule has 1 aliphatic carbocycles. The molecular formula is C13H24N4O2. The predicted molar refractivity (Wildman–Crippen MR) is 74.9 cm³/mol. The molecule has 1 fully saturated rings. The average Bonchev–Trinajstić information content (AvgIpc) is 2.90. The maximum atomic E-state index is 11.5. The molecule has 0 bridgehead atoms. The Bertz CT molecular complexity index is 336. The maximum Gasteiger partial charge on any atom is 0.286 e. The van der Waals surface area contributed by atoms with Crippen LogP contribution in [0.15, 0.2) is 11.5 Å². The summed E-state index contributed by atoms with van der Waals surface area (Å²) in [6, 6.07) is 0. The molecule has 0 aromatic carbocycles. The van der Waals surface area contributed by atoms with Crippen molar-refractivity contribution in [1.82, 2.24) is 10.6 Å². The molecule has 1 aliphatic rings. The highest BCUT2D eigenvalue weighted by atomic mass is 16.5. The second kappa shape index (κ2) is 8.53. The molecule has 0 radical (unpaired) electrons. The lowest BCUT2D eigenvalue weighted by Gasteiger charge is -2.17. The van der Waals surface area contributed by atoms with Crippen LogP contribution < -0.4 is 16.4 Å². The fourth-order valence-electron chi connectivity index (χ4n) is 2.09. The number of allylic oxidation sites excluding steroid dienone is 1. The van der Waals surface area contributed by atoms with Crippen LogP contribution in [0.4, 0.5) is 0 Å². The molecule has 0 atom stereocenters. The molecule has 0 spiro atoms. The lowest BCUT2D eigenvalue weighted by atomic mass is 10.3. The molecule has 19 heavy (non-hydrogen) atoms. The third-order valence-electron chi connectivity index (χ3n) is 3.07. The summed E-state index contributed by atoms with van der Waals surface area (Å²) < 4.78 is 5.65. The molecule has 6 heteroatoms. The Kier molecular flexibility index (Phi) is 6.95. The van der Waals surface area contributed by atoms with Gasteiger partial charge in [-0.15, -0.1) is 0 Å². The van der Waals surface area contributed by atoms with Crippen molar-refractivity contribution < 1.29 is 9.53 Å². The third-order valence-corrected chi connectivity index (χ3v) is 3.07. The first-order chi connectivity index (χ1) is 9.19. The fraction of sp³-hybridized carbons (Fsp3) is 0.692. The van der Waals surface area contributed by atoms with Crippen LogP contribution >= 0.6 is 0 Å². The van der Waals surface area contributed by atoms with E-state index in [0.717, 1.165) is 45.0 Å². The van der Waals surface area contributed by atoms with Gasteiger partial charge in [-0.1, -0.05) is 6.92 Å². The number of carbonyl (C=O) groups excluding carboxylic acids is 1. The molecule has 108 valence electrons. The van der Waals surface area contributed by atoms with Gasteiger partial charge in [0.15, 0.2) is 0 Å². The molecule has 1 amide bonds. The molecule has 0 aromatic heterocycles. The molecular weight excluding hydrogens is 244 g/mol. The van der Waals surface area contributed by atoms with Crippen LogP contribution in [0, 0.1) is 5.41 Å². The zero-order valence-electron chi connectivity index (χ0n) is 11.5. The van der Waals surface area contributed by atoms with Gasteiger partial charge >= 0.3 is 0 Å². The lowest BCUT2D eigenvalue weighted by Crippen LogP contribution is -2.31. The van der Waals surface area contributed by atoms with Crippen molar-refractivity contribution in [2.24, 2.45) is 5.73 Å². The molecule has 1 rings (SSSR count). The number of hydrogen-bond acceptors (Lipinski definition) is 5. The lowest BCUT2D eigenvalue weighted by molar-refractivity contribution is -0.119. The van der Waals surface area contributed by atoms with E-state index in [0.29, 0.717) is 12.2 Å². The highest BCUT2D eigenvalue weighted by Crippen LogP contribution is 2.23. The van der Waals surface area contributed by atoms with Crippen LogP contribution in [-0.4, -0.2) is 37.9 Å². The Hall–Kier alpha value is -1.56. The number of primary amides is 1. The zero-order valence-corrected chi connectivity index (χ0v) is 11.5. The second-order valence-corrected chi connectivity index (χ2v) is 4.56. The number of ether oxygens (including phenoxy) is 1. The van der Waals surface area contributed by atoms with Crippen molar-refractivity contribution in [1.29, 1.82) is 5.41 Å². The number of hydrogen-bond donors (Lipinski definition) is 4. The minimum absolute atomic E-state index is 0.0491. The summed E-state index contributed by atoms with van der Waals surface area (Å²) in [4.78, 5) is 11.5. The number of rotatable bonds is 9. The van der Waals surface area contributed by atoms with E-state index in [1.807, 2.05) is 6.92 Å². The van der Waals surface area contributed by atoms with Gasteiger partial charge in [0.05, 0.1) is 6.10 Å². The highest BCUT2D eigenvalue weighted by Gasteiger charge is 2.22. The van der Waals surface area contributed by atoms with Gasteiger partial charge in [0.1, 0.15) is 5.70 Å². The number of nitrogens with two attached hydrogens (primary N) is 1. The molecule has 0 heterocycles. The highest BCUT2D eigenvalue weighted by molar-refractivity contribution is 5.96. The van der Waals surface area contributed by atoms with Crippen molar-refractivity contribution in [2.75, 3.05) is 19.6 Å². The van der Waals surface area contributed by atoms with Gasteiger partial charge in [-0.25, -0.2) is 0 Å². The van der Waals surface area contributed by atoms with Gasteiger partial charge in [0, 0.05) is 19.3 Å². The van der Waals surface area contributed by atoms with Crippen LogP contribution in [0.2, 0.25) is 0 Å². The first-order valence-electron chi connectivity index (χ1n) is 6.84. The Balaban J connectivity index is 2.63.